The van der Waals surface area contributed by atoms with Gasteiger partial charge in [-0.2, -0.15) is 0 Å². The van der Waals surface area contributed by atoms with Crippen LogP contribution in [-0.4, -0.2) is 60.3 Å². The maximum absolute atomic E-state index is 13.4. The van der Waals surface area contributed by atoms with Crippen molar-refractivity contribution in [1.29, 1.82) is 0 Å². The van der Waals surface area contributed by atoms with Crippen molar-refractivity contribution in [2.24, 2.45) is 11.3 Å². The van der Waals surface area contributed by atoms with Crippen molar-refractivity contribution in [3.63, 3.8) is 0 Å². The third-order valence-corrected chi connectivity index (χ3v) is 7.11. The molecule has 10 nitrogen and oxygen atoms in total. The number of amides is 3. The summed E-state index contributed by atoms with van der Waals surface area (Å²) < 4.78 is 10.8. The molecule has 0 aliphatic carbocycles. The van der Waals surface area contributed by atoms with E-state index >= 15 is 0 Å². The van der Waals surface area contributed by atoms with Gasteiger partial charge in [0.15, 0.2) is 0 Å². The Hall–Kier alpha value is -4.44. The van der Waals surface area contributed by atoms with E-state index in [-0.39, 0.29) is 45.0 Å². The summed E-state index contributed by atoms with van der Waals surface area (Å²) in [5, 5.41) is 18.1. The first-order valence-electron chi connectivity index (χ1n) is 15.1. The van der Waals surface area contributed by atoms with E-state index in [1.54, 1.807) is 6.08 Å². The fraction of sp³-hybridized carbons (Fsp3) is 0.429. The molecule has 2 aromatic rings. The lowest BCUT2D eigenvalue weighted by Crippen LogP contribution is -2.51. The highest BCUT2D eigenvalue weighted by Gasteiger charge is 2.32. The minimum atomic E-state index is -1.03. The number of aliphatic hydroxyl groups is 1. The molecule has 0 heterocycles. The molecule has 0 saturated carbocycles. The molecule has 0 spiro atoms. The summed E-state index contributed by atoms with van der Waals surface area (Å²) >= 11 is 0. The number of rotatable bonds is 18. The monoisotopic (exact) mass is 621 g/mol. The molecule has 0 fully saturated rings. The highest BCUT2D eigenvalue weighted by Crippen LogP contribution is 2.22. The van der Waals surface area contributed by atoms with Crippen LogP contribution < -0.4 is 16.0 Å². The topological polar surface area (TPSA) is 143 Å². The number of carbonyl (C=O) groups is 4. The molecule has 244 valence electrons. The predicted octanol–water partition coefficient (Wildman–Crippen LogP) is 4.23. The van der Waals surface area contributed by atoms with E-state index in [0.717, 1.165) is 11.1 Å². The first-order valence-corrected chi connectivity index (χ1v) is 15.1. The second-order valence-electron chi connectivity index (χ2n) is 11.9. The van der Waals surface area contributed by atoms with Crippen molar-refractivity contribution in [3.8, 4) is 0 Å². The standard InChI is InChI=1S/C35H47N3O7/c1-6-14-27(21-31(40)36-28(22-39)20-25-16-10-8-11-17-25)32(41)38-30(35(3,4)5)24-44-33(42)29(15-7-2)37-34(43)45-23-26-18-12-9-13-19-26/h6-13,16-19,27-30,39H,1-2,14-15,20-24H2,3-5H3,(H,36,40)(H,37,43)(H,38,41)/t27-,28-,29+,30+/m0/s1. The lowest BCUT2D eigenvalue weighted by atomic mass is 9.86. The van der Waals surface area contributed by atoms with Gasteiger partial charge in [0, 0.05) is 6.42 Å². The third-order valence-electron chi connectivity index (χ3n) is 7.11. The van der Waals surface area contributed by atoms with Crippen LogP contribution >= 0.6 is 0 Å². The van der Waals surface area contributed by atoms with Gasteiger partial charge in [-0.1, -0.05) is 93.6 Å². The molecule has 0 saturated heterocycles. The molecule has 10 heteroatoms. The van der Waals surface area contributed by atoms with Crippen LogP contribution in [0.1, 0.15) is 51.2 Å². The molecule has 0 radical (unpaired) electrons. The maximum atomic E-state index is 13.4. The average molecular weight is 622 g/mol. The van der Waals surface area contributed by atoms with Crippen LogP contribution in [0.3, 0.4) is 0 Å². The van der Waals surface area contributed by atoms with Crippen LogP contribution in [-0.2, 0) is 36.9 Å². The van der Waals surface area contributed by atoms with E-state index in [1.807, 2.05) is 81.4 Å². The lowest BCUT2D eigenvalue weighted by molar-refractivity contribution is -0.148. The summed E-state index contributed by atoms with van der Waals surface area (Å²) in [5.74, 6) is -2.20. The quantitative estimate of drug-likeness (QED) is 0.144. The van der Waals surface area contributed by atoms with Crippen LogP contribution in [0, 0.1) is 11.3 Å². The van der Waals surface area contributed by atoms with Crippen LogP contribution in [0.25, 0.3) is 0 Å². The van der Waals surface area contributed by atoms with Gasteiger partial charge in [0.1, 0.15) is 19.3 Å². The number of benzene rings is 2. The fourth-order valence-corrected chi connectivity index (χ4v) is 4.41. The van der Waals surface area contributed by atoms with Crippen LogP contribution in [0.2, 0.25) is 0 Å². The number of hydrogen-bond donors (Lipinski definition) is 4. The Balaban J connectivity index is 1.98. The van der Waals surface area contributed by atoms with E-state index in [9.17, 15) is 24.3 Å². The summed E-state index contributed by atoms with van der Waals surface area (Å²) in [4.78, 5) is 51.6. The largest absolute Gasteiger partial charge is 0.462 e. The second kappa shape index (κ2) is 19.1. The number of esters is 1. The van der Waals surface area contributed by atoms with E-state index in [0.29, 0.717) is 6.42 Å². The van der Waals surface area contributed by atoms with Gasteiger partial charge in [0.2, 0.25) is 11.8 Å². The number of allylic oxidation sites excluding steroid dienone is 1. The molecule has 0 unspecified atom stereocenters. The number of alkyl carbamates (subject to hydrolysis) is 1. The van der Waals surface area contributed by atoms with E-state index in [4.69, 9.17) is 9.47 Å². The van der Waals surface area contributed by atoms with Crippen molar-refractivity contribution in [3.05, 3.63) is 97.1 Å². The number of ether oxygens (including phenoxy) is 2. The predicted molar refractivity (Wildman–Crippen MR) is 173 cm³/mol. The van der Waals surface area contributed by atoms with Crippen LogP contribution in [0.4, 0.5) is 4.79 Å². The van der Waals surface area contributed by atoms with Gasteiger partial charge in [0.25, 0.3) is 0 Å². The number of nitrogens with one attached hydrogen (secondary N) is 3. The van der Waals surface area contributed by atoms with E-state index in [2.05, 4.69) is 29.1 Å². The molecule has 2 rings (SSSR count). The molecule has 0 aliphatic heterocycles. The third kappa shape index (κ3) is 13.8. The number of hydrogen-bond acceptors (Lipinski definition) is 7. The van der Waals surface area contributed by atoms with Crippen molar-refractivity contribution < 1.29 is 33.8 Å². The molecular formula is C35H47N3O7. The van der Waals surface area contributed by atoms with Gasteiger partial charge in [-0.25, -0.2) is 9.59 Å². The molecule has 0 aromatic heterocycles. The zero-order chi connectivity index (χ0) is 33.2. The first-order chi connectivity index (χ1) is 21.5. The Morgan fingerprint density at radius 2 is 1.44 bits per heavy atom. The Morgan fingerprint density at radius 1 is 0.844 bits per heavy atom. The fourth-order valence-electron chi connectivity index (χ4n) is 4.41. The Labute approximate surface area is 266 Å². The Morgan fingerprint density at radius 3 is 2.00 bits per heavy atom. The molecule has 4 atom stereocenters. The normalized spacial score (nSPS) is 13.7. The Bertz CT molecular complexity index is 1240. The van der Waals surface area contributed by atoms with Crippen molar-refractivity contribution in [2.75, 3.05) is 13.2 Å². The van der Waals surface area contributed by atoms with Crippen molar-refractivity contribution in [2.45, 2.75) is 71.2 Å². The molecular weight excluding hydrogens is 574 g/mol. The average Bonchev–Trinajstić information content (AvgIpc) is 3.01. The molecule has 2 aromatic carbocycles. The summed E-state index contributed by atoms with van der Waals surface area (Å²) in [7, 11) is 0. The van der Waals surface area contributed by atoms with Gasteiger partial charge in [-0.15, -0.1) is 13.2 Å². The second-order valence-corrected chi connectivity index (χ2v) is 11.9. The zero-order valence-electron chi connectivity index (χ0n) is 26.5. The number of aliphatic hydroxyl groups excluding tert-OH is 1. The van der Waals surface area contributed by atoms with E-state index in [1.165, 1.54) is 6.08 Å². The highest BCUT2D eigenvalue weighted by atomic mass is 16.6. The summed E-state index contributed by atoms with van der Waals surface area (Å²) in [6.07, 6.45) is 2.97. The molecule has 45 heavy (non-hydrogen) atoms. The molecule has 0 aliphatic rings. The summed E-state index contributed by atoms with van der Waals surface area (Å²) in [6, 6.07) is 16.5. The summed E-state index contributed by atoms with van der Waals surface area (Å²) in [5.41, 5.74) is 1.24. The van der Waals surface area contributed by atoms with Crippen molar-refractivity contribution >= 4 is 23.9 Å². The lowest BCUT2D eigenvalue weighted by Gasteiger charge is -2.32. The minimum Gasteiger partial charge on any atom is -0.462 e. The molecule has 4 N–H and O–H groups in total. The van der Waals surface area contributed by atoms with E-state index < -0.39 is 47.4 Å². The maximum Gasteiger partial charge on any atom is 0.408 e. The summed E-state index contributed by atoms with van der Waals surface area (Å²) in [6.45, 7) is 12.7. The zero-order valence-corrected chi connectivity index (χ0v) is 26.5. The van der Waals surface area contributed by atoms with Crippen LogP contribution in [0.5, 0.6) is 0 Å². The van der Waals surface area contributed by atoms with Gasteiger partial charge >= 0.3 is 12.1 Å². The van der Waals surface area contributed by atoms with Gasteiger partial charge in [-0.05, 0) is 35.8 Å². The van der Waals surface area contributed by atoms with Crippen LogP contribution in [0.15, 0.2) is 86.0 Å². The van der Waals surface area contributed by atoms with Gasteiger partial charge < -0.3 is 30.5 Å². The Kier molecular flexibility index (Phi) is 15.6. The minimum absolute atomic E-state index is 0.0399. The van der Waals surface area contributed by atoms with Gasteiger partial charge in [0.05, 0.1) is 24.6 Å². The SMILES string of the molecule is C=CC[C@@H](CC(=O)N[C@H](CO)Cc1ccccc1)C(=O)N[C@H](COC(=O)[C@@H](CC=C)NC(=O)OCc1ccccc1)C(C)(C)C. The molecule has 3 amide bonds. The molecule has 0 bridgehead atoms. The van der Waals surface area contributed by atoms with Crippen molar-refractivity contribution in [1.82, 2.24) is 16.0 Å². The van der Waals surface area contributed by atoms with Gasteiger partial charge in [-0.3, -0.25) is 9.59 Å². The highest BCUT2D eigenvalue weighted by molar-refractivity contribution is 5.86. The first kappa shape index (κ1) is 36.8. The number of carbonyl (C=O) groups excluding carboxylic acids is 4. The smallest absolute Gasteiger partial charge is 0.408 e.